The van der Waals surface area contributed by atoms with Gasteiger partial charge in [-0.05, 0) is 39.2 Å². The number of guanidine groups is 1. The molecule has 1 saturated heterocycles. The van der Waals surface area contributed by atoms with Crippen LogP contribution in [0.1, 0.15) is 39.2 Å². The molecule has 1 atom stereocenters. The fraction of sp³-hybridized carbons (Fsp3) is 0.636. The molecule has 1 amide bonds. The van der Waals surface area contributed by atoms with E-state index in [4.69, 9.17) is 9.47 Å². The molecule has 0 bridgehead atoms. The second kappa shape index (κ2) is 9.96. The largest absolute Gasteiger partial charge is 0.444 e. The minimum Gasteiger partial charge on any atom is -0.444 e. The van der Waals surface area contributed by atoms with Gasteiger partial charge >= 0.3 is 6.09 Å². The van der Waals surface area contributed by atoms with Crippen molar-refractivity contribution in [2.24, 2.45) is 4.99 Å². The molecule has 0 aromatic heterocycles. The lowest BCUT2D eigenvalue weighted by Crippen LogP contribution is -2.57. The maximum atomic E-state index is 12.3. The number of carbonyl (C=O) groups is 1. The highest BCUT2D eigenvalue weighted by molar-refractivity contribution is 5.82. The molecular weight excluding hydrogens is 368 g/mol. The Hall–Kier alpha value is -2.28. The average molecular weight is 403 g/mol. The first-order valence-corrected chi connectivity index (χ1v) is 10.6. The molecule has 1 fully saturated rings. The summed E-state index contributed by atoms with van der Waals surface area (Å²) < 4.78 is 11.2. The van der Waals surface area contributed by atoms with Gasteiger partial charge < -0.3 is 24.6 Å². The second-order valence-electron chi connectivity index (χ2n) is 8.61. The van der Waals surface area contributed by atoms with E-state index in [1.54, 1.807) is 4.90 Å². The van der Waals surface area contributed by atoms with Crippen LogP contribution in [0.25, 0.3) is 0 Å². The van der Waals surface area contributed by atoms with Crippen LogP contribution < -0.4 is 5.32 Å². The van der Waals surface area contributed by atoms with Crippen LogP contribution in [0.2, 0.25) is 0 Å². The number of unbranched alkanes of at least 4 members (excludes halogenated alkanes) is 1. The number of ether oxygens (including phenoxy) is 2. The Morgan fingerprint density at radius 2 is 2.00 bits per heavy atom. The van der Waals surface area contributed by atoms with Crippen molar-refractivity contribution in [1.29, 1.82) is 0 Å². The number of piperazine rings is 1. The van der Waals surface area contributed by atoms with Crippen molar-refractivity contribution >= 4 is 12.1 Å². The fourth-order valence-corrected chi connectivity index (χ4v) is 3.52. The molecule has 2 aliphatic heterocycles. The van der Waals surface area contributed by atoms with Gasteiger partial charge in [-0.1, -0.05) is 30.3 Å². The topological polar surface area (TPSA) is 66.4 Å². The van der Waals surface area contributed by atoms with E-state index in [0.717, 1.165) is 45.0 Å². The van der Waals surface area contributed by atoms with Crippen molar-refractivity contribution in [3.63, 3.8) is 0 Å². The zero-order valence-electron chi connectivity index (χ0n) is 17.9. The lowest BCUT2D eigenvalue weighted by Gasteiger charge is -2.39. The van der Waals surface area contributed by atoms with Gasteiger partial charge in [0, 0.05) is 32.8 Å². The number of rotatable bonds is 7. The maximum Gasteiger partial charge on any atom is 0.410 e. The highest BCUT2D eigenvalue weighted by atomic mass is 16.6. The molecule has 1 aromatic carbocycles. The van der Waals surface area contributed by atoms with Crippen LogP contribution in [0.4, 0.5) is 4.79 Å². The average Bonchev–Trinajstić information content (AvgIpc) is 3.09. The minimum atomic E-state index is -0.460. The molecule has 29 heavy (non-hydrogen) atoms. The van der Waals surface area contributed by atoms with Gasteiger partial charge in [0.1, 0.15) is 5.60 Å². The van der Waals surface area contributed by atoms with Crippen LogP contribution in [0.3, 0.4) is 0 Å². The lowest BCUT2D eigenvalue weighted by molar-refractivity contribution is 0.0137. The Balaban J connectivity index is 1.29. The molecule has 1 unspecified atom stereocenters. The molecule has 0 radical (unpaired) electrons. The third-order valence-corrected chi connectivity index (χ3v) is 4.97. The Morgan fingerprint density at radius 1 is 1.21 bits per heavy atom. The van der Waals surface area contributed by atoms with E-state index < -0.39 is 5.60 Å². The highest BCUT2D eigenvalue weighted by Gasteiger charge is 2.36. The molecule has 1 aromatic rings. The molecule has 0 saturated carbocycles. The van der Waals surface area contributed by atoms with Crippen LogP contribution in [0, 0.1) is 0 Å². The molecular formula is C22H34N4O3. The lowest BCUT2D eigenvalue weighted by atomic mass is 10.2. The summed E-state index contributed by atoms with van der Waals surface area (Å²) in [4.78, 5) is 21.0. The highest BCUT2D eigenvalue weighted by Crippen LogP contribution is 2.18. The second-order valence-corrected chi connectivity index (χ2v) is 8.61. The minimum absolute atomic E-state index is 0.228. The SMILES string of the molecule is CC(C)(C)OC(=O)N1CCN2C(NCCCCOCc3ccccc3)=NCC2C1. The Labute approximate surface area is 174 Å². The number of aliphatic imine (C=N–C) groups is 1. The quantitative estimate of drug-likeness (QED) is 0.711. The Morgan fingerprint density at radius 3 is 2.76 bits per heavy atom. The molecule has 160 valence electrons. The molecule has 7 nitrogen and oxygen atoms in total. The summed E-state index contributed by atoms with van der Waals surface area (Å²) in [5.41, 5.74) is 0.750. The van der Waals surface area contributed by atoms with E-state index in [1.807, 2.05) is 39.0 Å². The summed E-state index contributed by atoms with van der Waals surface area (Å²) in [7, 11) is 0. The number of hydrogen-bond acceptors (Lipinski definition) is 6. The summed E-state index contributed by atoms with van der Waals surface area (Å²) in [6.07, 6.45) is 1.83. The van der Waals surface area contributed by atoms with Crippen molar-refractivity contribution in [2.45, 2.75) is 51.9 Å². The van der Waals surface area contributed by atoms with Gasteiger partial charge in [0.15, 0.2) is 5.96 Å². The molecule has 2 aliphatic rings. The summed E-state index contributed by atoms with van der Waals surface area (Å²) in [5, 5.41) is 3.46. The standard InChI is InChI=1S/C22H34N4O3/c1-22(2,3)29-21(27)25-12-13-26-19(16-25)15-24-20(26)23-11-7-8-14-28-17-18-9-5-4-6-10-18/h4-6,9-10,19H,7-8,11-17H2,1-3H3,(H,23,24). The molecule has 2 heterocycles. The van der Waals surface area contributed by atoms with Crippen LogP contribution in [-0.2, 0) is 16.1 Å². The van der Waals surface area contributed by atoms with Gasteiger partial charge in [0.25, 0.3) is 0 Å². The van der Waals surface area contributed by atoms with E-state index in [-0.39, 0.29) is 12.1 Å². The van der Waals surface area contributed by atoms with Crippen LogP contribution in [0.15, 0.2) is 35.3 Å². The van der Waals surface area contributed by atoms with Crippen molar-refractivity contribution in [3.8, 4) is 0 Å². The first kappa shape index (κ1) is 21.4. The normalized spacial score (nSPS) is 19.0. The van der Waals surface area contributed by atoms with Crippen molar-refractivity contribution in [1.82, 2.24) is 15.1 Å². The number of amides is 1. The van der Waals surface area contributed by atoms with Gasteiger partial charge in [0.05, 0.1) is 19.2 Å². The molecule has 1 N–H and O–H groups in total. The molecule has 7 heteroatoms. The summed E-state index contributed by atoms with van der Waals surface area (Å²) in [6.45, 7) is 10.9. The zero-order valence-corrected chi connectivity index (χ0v) is 17.9. The van der Waals surface area contributed by atoms with Crippen LogP contribution in [0.5, 0.6) is 0 Å². The molecule has 0 spiro atoms. The zero-order chi connectivity index (χ0) is 20.7. The van der Waals surface area contributed by atoms with Gasteiger partial charge in [-0.25, -0.2) is 4.79 Å². The van der Waals surface area contributed by atoms with Crippen molar-refractivity contribution in [2.75, 3.05) is 39.3 Å². The summed E-state index contributed by atoms with van der Waals surface area (Å²) in [5.74, 6) is 0.962. The van der Waals surface area contributed by atoms with E-state index in [9.17, 15) is 4.79 Å². The number of benzene rings is 1. The monoisotopic (exact) mass is 402 g/mol. The Kier molecular flexibility index (Phi) is 7.36. The molecule has 3 rings (SSSR count). The van der Waals surface area contributed by atoms with E-state index >= 15 is 0 Å². The number of carbonyl (C=O) groups excluding carboxylic acids is 1. The number of fused-ring (bicyclic) bond motifs is 1. The van der Waals surface area contributed by atoms with Crippen LogP contribution in [-0.4, -0.2) is 72.8 Å². The van der Waals surface area contributed by atoms with E-state index in [1.165, 1.54) is 5.56 Å². The van der Waals surface area contributed by atoms with E-state index in [0.29, 0.717) is 19.7 Å². The predicted molar refractivity (Wildman–Crippen MR) is 114 cm³/mol. The van der Waals surface area contributed by atoms with Crippen LogP contribution >= 0.6 is 0 Å². The Bertz CT molecular complexity index is 687. The van der Waals surface area contributed by atoms with Gasteiger partial charge in [-0.3, -0.25) is 4.99 Å². The fourth-order valence-electron chi connectivity index (χ4n) is 3.52. The van der Waals surface area contributed by atoms with Gasteiger partial charge in [-0.2, -0.15) is 0 Å². The molecule has 0 aliphatic carbocycles. The van der Waals surface area contributed by atoms with Crippen molar-refractivity contribution in [3.05, 3.63) is 35.9 Å². The number of nitrogens with zero attached hydrogens (tertiary/aromatic N) is 3. The van der Waals surface area contributed by atoms with Gasteiger partial charge in [-0.15, -0.1) is 0 Å². The third-order valence-electron chi connectivity index (χ3n) is 4.97. The first-order valence-electron chi connectivity index (χ1n) is 10.6. The maximum absolute atomic E-state index is 12.3. The number of nitrogens with one attached hydrogen (secondary N) is 1. The summed E-state index contributed by atoms with van der Waals surface area (Å²) in [6, 6.07) is 10.5. The smallest absolute Gasteiger partial charge is 0.410 e. The van der Waals surface area contributed by atoms with Gasteiger partial charge in [0.2, 0.25) is 0 Å². The predicted octanol–water partition coefficient (Wildman–Crippen LogP) is 2.86. The first-order chi connectivity index (χ1) is 13.9. The van der Waals surface area contributed by atoms with E-state index in [2.05, 4.69) is 27.3 Å². The number of hydrogen-bond donors (Lipinski definition) is 1. The summed E-state index contributed by atoms with van der Waals surface area (Å²) >= 11 is 0. The van der Waals surface area contributed by atoms with Crippen molar-refractivity contribution < 1.29 is 14.3 Å². The third kappa shape index (κ3) is 6.63.